The Hall–Kier alpha value is -0.840. The molecular weight excluding hydrogens is 941 g/mol. The van der Waals surface area contributed by atoms with Crippen LogP contribution in [0.4, 0.5) is 0 Å². The van der Waals surface area contributed by atoms with Crippen molar-refractivity contribution in [2.45, 2.75) is 439 Å². The monoisotopic (exact) mass is 1090 g/mol. The molecular formula is C72H148N2O3. The molecule has 0 aromatic rings. The van der Waals surface area contributed by atoms with Crippen LogP contribution in [0.5, 0.6) is 0 Å². The van der Waals surface area contributed by atoms with Crippen LogP contribution in [0.3, 0.4) is 0 Å². The van der Waals surface area contributed by atoms with Crippen molar-refractivity contribution in [2.75, 3.05) is 26.2 Å². The van der Waals surface area contributed by atoms with Gasteiger partial charge in [0.25, 0.3) is 0 Å². The van der Waals surface area contributed by atoms with Gasteiger partial charge in [0.05, 0.1) is 31.3 Å². The Morgan fingerprint density at radius 1 is 0.182 bits per heavy atom. The summed E-state index contributed by atoms with van der Waals surface area (Å²) in [4.78, 5) is 8.25. The lowest BCUT2D eigenvalue weighted by Crippen LogP contribution is -2.50. The quantitative estimate of drug-likeness (QED) is 0.0264. The maximum atomic E-state index is 8.25. The van der Waals surface area contributed by atoms with E-state index in [2.05, 4.69) is 27.7 Å². The van der Waals surface area contributed by atoms with Gasteiger partial charge in [-0.05, 0) is 51.4 Å². The van der Waals surface area contributed by atoms with Gasteiger partial charge in [0.2, 0.25) is 0 Å². The van der Waals surface area contributed by atoms with Gasteiger partial charge in [-0.15, -0.1) is 0 Å². The molecule has 464 valence electrons. The van der Waals surface area contributed by atoms with Crippen LogP contribution >= 0.6 is 0 Å². The first kappa shape index (κ1) is 78.2. The molecule has 0 unspecified atom stereocenters. The van der Waals surface area contributed by atoms with Crippen molar-refractivity contribution in [1.29, 1.82) is 0 Å². The average Bonchev–Trinajstić information content (AvgIpc) is 3.42. The molecule has 0 N–H and O–H groups in total. The highest BCUT2D eigenvalue weighted by Crippen LogP contribution is 2.23. The van der Waals surface area contributed by atoms with Crippen LogP contribution in [0.2, 0.25) is 0 Å². The third-order valence-electron chi connectivity index (χ3n) is 17.9. The molecule has 0 amide bonds. The summed E-state index contributed by atoms with van der Waals surface area (Å²) >= 11 is 0. The molecule has 5 nitrogen and oxygen atoms in total. The fourth-order valence-corrected chi connectivity index (χ4v) is 12.7. The van der Waals surface area contributed by atoms with Crippen molar-refractivity contribution >= 4 is 0 Å². The van der Waals surface area contributed by atoms with Crippen LogP contribution in [-0.4, -0.2) is 35.7 Å². The molecule has 0 aliphatic carbocycles. The van der Waals surface area contributed by atoms with Crippen LogP contribution in [0.1, 0.15) is 439 Å². The molecule has 0 spiro atoms. The highest BCUT2D eigenvalue weighted by atomic mass is 16.9. The second-order valence-electron chi connectivity index (χ2n) is 25.7. The van der Waals surface area contributed by atoms with E-state index in [1.54, 1.807) is 0 Å². The number of rotatable bonds is 68. The van der Waals surface area contributed by atoms with Gasteiger partial charge < -0.3 is 19.8 Å². The van der Waals surface area contributed by atoms with Crippen molar-refractivity contribution in [3.63, 3.8) is 0 Å². The fourth-order valence-electron chi connectivity index (χ4n) is 12.7. The van der Waals surface area contributed by atoms with E-state index >= 15 is 0 Å². The molecule has 0 saturated carbocycles. The minimum Gasteiger partial charge on any atom is -0.356 e. The van der Waals surface area contributed by atoms with E-state index in [-0.39, 0.29) is 0 Å². The van der Waals surface area contributed by atoms with Crippen LogP contribution in [0, 0.1) is 15.3 Å². The van der Waals surface area contributed by atoms with Crippen molar-refractivity contribution in [3.05, 3.63) is 15.3 Å². The van der Waals surface area contributed by atoms with E-state index in [0.717, 1.165) is 0 Å². The van der Waals surface area contributed by atoms with E-state index in [1.807, 2.05) is 0 Å². The maximum absolute atomic E-state index is 8.25. The Morgan fingerprint density at radius 2 is 0.260 bits per heavy atom. The largest absolute Gasteiger partial charge is 0.356 e. The minimum atomic E-state index is -1.75. The van der Waals surface area contributed by atoms with Crippen LogP contribution in [-0.2, 0) is 0 Å². The molecule has 0 fully saturated rings. The van der Waals surface area contributed by atoms with Crippen molar-refractivity contribution in [3.8, 4) is 0 Å². The van der Waals surface area contributed by atoms with Gasteiger partial charge >= 0.3 is 0 Å². The zero-order valence-electron chi connectivity index (χ0n) is 54.2. The molecule has 0 rings (SSSR count). The lowest BCUT2D eigenvalue weighted by Gasteiger charge is -2.40. The fraction of sp³-hybridized carbons (Fsp3) is 1.00. The highest BCUT2D eigenvalue weighted by molar-refractivity contribution is 4.58. The summed E-state index contributed by atoms with van der Waals surface area (Å²) in [5, 5.41) is 14.8. The first-order chi connectivity index (χ1) is 38.0. The van der Waals surface area contributed by atoms with Gasteiger partial charge in [0, 0.05) is 0 Å². The lowest BCUT2D eigenvalue weighted by atomic mass is 10.0. The summed E-state index contributed by atoms with van der Waals surface area (Å²) in [5.74, 6) is 0. The van der Waals surface area contributed by atoms with Crippen LogP contribution in [0.15, 0.2) is 0 Å². The zero-order valence-corrected chi connectivity index (χ0v) is 54.2. The topological polar surface area (TPSA) is 66.2 Å². The van der Waals surface area contributed by atoms with Crippen molar-refractivity contribution < 1.29 is 9.57 Å². The van der Waals surface area contributed by atoms with E-state index in [4.69, 9.17) is 15.3 Å². The summed E-state index contributed by atoms with van der Waals surface area (Å²) in [5.41, 5.74) is 0. The summed E-state index contributed by atoms with van der Waals surface area (Å²) in [6, 6.07) is 0. The molecule has 0 atom stereocenters. The molecule has 0 heterocycles. The van der Waals surface area contributed by atoms with Crippen LogP contribution < -0.4 is 0 Å². The molecule has 0 bridgehead atoms. The van der Waals surface area contributed by atoms with E-state index in [1.165, 1.54) is 442 Å². The third-order valence-corrected chi connectivity index (χ3v) is 17.9. The number of nitrogens with zero attached hydrogens (tertiary/aromatic N) is 2. The van der Waals surface area contributed by atoms with Crippen LogP contribution in [0.25, 0.3) is 0 Å². The Balaban J connectivity index is 0. The predicted octanol–water partition coefficient (Wildman–Crippen LogP) is 26.6. The predicted molar refractivity (Wildman–Crippen MR) is 348 cm³/mol. The maximum Gasteiger partial charge on any atom is 0.0786 e. The normalized spacial score (nSPS) is 11.7. The van der Waals surface area contributed by atoms with Gasteiger partial charge in [-0.3, -0.25) is 0 Å². The zero-order chi connectivity index (χ0) is 56.2. The van der Waals surface area contributed by atoms with Crippen molar-refractivity contribution in [2.24, 2.45) is 0 Å². The average molecular weight is 1090 g/mol. The first-order valence-corrected chi connectivity index (χ1v) is 36.6. The summed E-state index contributed by atoms with van der Waals surface area (Å²) < 4.78 is 1.49. The smallest absolute Gasteiger partial charge is 0.0786 e. The van der Waals surface area contributed by atoms with E-state index in [9.17, 15) is 0 Å². The molecule has 0 saturated heterocycles. The van der Waals surface area contributed by atoms with Gasteiger partial charge in [-0.25, -0.2) is 0 Å². The first-order valence-electron chi connectivity index (χ1n) is 36.6. The molecule has 5 heteroatoms. The van der Waals surface area contributed by atoms with Gasteiger partial charge in [-0.1, -0.05) is 387 Å². The Bertz CT molecular complexity index is 884. The van der Waals surface area contributed by atoms with Crippen molar-refractivity contribution in [1.82, 2.24) is 0 Å². The molecule has 0 aliphatic rings. The standard InChI is InChI=1S/C72H148N.NO3/c1-5-9-13-17-21-25-29-33-37-41-45-49-53-57-61-65-69-73(70-66-62-58-54-50-46-42-38-34-30-26-22-18-14-10-6-2,71-67-63-59-55-51-47-43-39-35-31-27-23-19-15-11-7-3)72-68-64-60-56-52-48-44-40-36-32-28-24-20-16-12-8-4;2-1(3)4/h5-72H2,1-4H3;/q+1;-1. The molecule has 0 aromatic carbocycles. The molecule has 0 aromatic heterocycles. The second kappa shape index (κ2) is 71.3. The number of hydrogen-bond donors (Lipinski definition) is 0. The summed E-state index contributed by atoms with van der Waals surface area (Å²) in [6.45, 7) is 15.3. The molecule has 0 aliphatic heterocycles. The Morgan fingerprint density at radius 3 is 0.351 bits per heavy atom. The molecule has 77 heavy (non-hydrogen) atoms. The number of hydrogen-bond acceptors (Lipinski definition) is 3. The Labute approximate surface area is 487 Å². The summed E-state index contributed by atoms with van der Waals surface area (Å²) in [6.07, 6.45) is 94.7. The Kier molecular flexibility index (Phi) is 72.4. The van der Waals surface area contributed by atoms with Gasteiger partial charge in [-0.2, -0.15) is 0 Å². The van der Waals surface area contributed by atoms with Gasteiger partial charge in [0.1, 0.15) is 0 Å². The molecule has 0 radical (unpaired) electrons. The van der Waals surface area contributed by atoms with Gasteiger partial charge in [0.15, 0.2) is 0 Å². The third kappa shape index (κ3) is 71.2. The van der Waals surface area contributed by atoms with E-state index < -0.39 is 5.09 Å². The second-order valence-corrected chi connectivity index (χ2v) is 25.7. The minimum absolute atomic E-state index is 1.37. The van der Waals surface area contributed by atoms with E-state index in [0.29, 0.717) is 0 Å². The number of unbranched alkanes of at least 4 members (excludes halogenated alkanes) is 60. The SMILES string of the molecule is CCCCCCCCCCCCCCCCCC[N+](CCCCCCCCCCCCCCCCCC)(CCCCCCCCCCCCCCCCCC)CCCCCCCCCCCCCCCCCC.O=[N+]([O-])[O-]. The lowest BCUT2D eigenvalue weighted by molar-refractivity contribution is -0.929. The highest BCUT2D eigenvalue weighted by Gasteiger charge is 2.26. The number of quaternary nitrogens is 1. The summed E-state index contributed by atoms with van der Waals surface area (Å²) in [7, 11) is 0.